The molecule has 1 aromatic rings. The van der Waals surface area contributed by atoms with Crippen LogP contribution in [0.4, 0.5) is 0 Å². The van der Waals surface area contributed by atoms with E-state index in [4.69, 9.17) is 5.11 Å². The van der Waals surface area contributed by atoms with Gasteiger partial charge in [0.05, 0.1) is 5.41 Å². The summed E-state index contributed by atoms with van der Waals surface area (Å²) < 4.78 is 0. The fourth-order valence-electron chi connectivity index (χ4n) is 2.30. The maximum atomic E-state index is 11.1. The molecule has 1 aliphatic rings. The van der Waals surface area contributed by atoms with Gasteiger partial charge in [-0.25, -0.2) is 0 Å². The van der Waals surface area contributed by atoms with Crippen LogP contribution in [-0.4, -0.2) is 11.1 Å². The van der Waals surface area contributed by atoms with E-state index in [1.807, 2.05) is 6.92 Å². The van der Waals surface area contributed by atoms with Crippen molar-refractivity contribution in [1.29, 1.82) is 0 Å². The molecule has 1 fully saturated rings. The molecule has 0 saturated heterocycles. The van der Waals surface area contributed by atoms with Crippen molar-refractivity contribution < 1.29 is 9.90 Å². The van der Waals surface area contributed by atoms with Gasteiger partial charge in [0, 0.05) is 5.92 Å². The maximum absolute atomic E-state index is 11.1. The highest BCUT2D eigenvalue weighted by Gasteiger charge is 2.56. The smallest absolute Gasteiger partial charge is 0.309 e. The number of hydrogen-bond acceptors (Lipinski definition) is 1. The second kappa shape index (κ2) is 3.59. The van der Waals surface area contributed by atoms with E-state index < -0.39 is 11.4 Å². The van der Waals surface area contributed by atoms with Crippen molar-refractivity contribution in [2.75, 3.05) is 0 Å². The van der Waals surface area contributed by atoms with Crippen molar-refractivity contribution in [2.24, 2.45) is 5.41 Å². The van der Waals surface area contributed by atoms with Gasteiger partial charge in [0.15, 0.2) is 0 Å². The Labute approximate surface area is 103 Å². The Morgan fingerprint density at radius 3 is 2.18 bits per heavy atom. The molecule has 1 saturated carbocycles. The molecule has 2 atom stereocenters. The lowest BCUT2D eigenvalue weighted by molar-refractivity contribution is -0.142. The van der Waals surface area contributed by atoms with Gasteiger partial charge in [-0.05, 0) is 29.9 Å². The van der Waals surface area contributed by atoms with Crippen LogP contribution >= 0.6 is 0 Å². The summed E-state index contributed by atoms with van der Waals surface area (Å²) in [7, 11) is 0. The quantitative estimate of drug-likeness (QED) is 0.846. The summed E-state index contributed by atoms with van der Waals surface area (Å²) in [6.07, 6.45) is 0.761. The van der Waals surface area contributed by atoms with Crippen molar-refractivity contribution in [3.8, 4) is 0 Å². The first-order valence-electron chi connectivity index (χ1n) is 6.09. The van der Waals surface area contributed by atoms with Gasteiger partial charge in [-0.1, -0.05) is 45.0 Å². The normalized spacial score (nSPS) is 27.9. The highest BCUT2D eigenvalue weighted by Crippen LogP contribution is 2.59. The summed E-state index contributed by atoms with van der Waals surface area (Å²) in [6, 6.07) is 8.41. The lowest BCUT2D eigenvalue weighted by atomic mass is 9.86. The summed E-state index contributed by atoms with van der Waals surface area (Å²) in [5.41, 5.74) is 2.06. The molecule has 0 aromatic heterocycles. The van der Waals surface area contributed by atoms with Crippen LogP contribution in [0.3, 0.4) is 0 Å². The fraction of sp³-hybridized carbons (Fsp3) is 0.533. The van der Waals surface area contributed by atoms with E-state index >= 15 is 0 Å². The molecule has 0 amide bonds. The molecular weight excluding hydrogens is 212 g/mol. The number of carboxylic acid groups (broad SMARTS) is 1. The van der Waals surface area contributed by atoms with E-state index in [9.17, 15) is 4.79 Å². The van der Waals surface area contributed by atoms with Crippen LogP contribution in [0.2, 0.25) is 0 Å². The zero-order valence-electron chi connectivity index (χ0n) is 10.9. The zero-order valence-corrected chi connectivity index (χ0v) is 10.9. The Bertz CT molecular complexity index is 439. The molecule has 0 aliphatic heterocycles. The molecule has 2 unspecified atom stereocenters. The van der Waals surface area contributed by atoms with Crippen LogP contribution in [-0.2, 0) is 10.2 Å². The lowest BCUT2D eigenvalue weighted by Gasteiger charge is -2.19. The first-order valence-corrected chi connectivity index (χ1v) is 6.09. The van der Waals surface area contributed by atoms with Crippen molar-refractivity contribution in [2.45, 2.75) is 45.4 Å². The van der Waals surface area contributed by atoms with Crippen LogP contribution in [0.1, 0.15) is 51.2 Å². The summed E-state index contributed by atoms with van der Waals surface area (Å²) >= 11 is 0. The zero-order chi connectivity index (χ0) is 12.8. The molecule has 0 radical (unpaired) electrons. The minimum Gasteiger partial charge on any atom is -0.481 e. The van der Waals surface area contributed by atoms with Crippen LogP contribution in [0.15, 0.2) is 24.3 Å². The van der Waals surface area contributed by atoms with Crippen LogP contribution < -0.4 is 0 Å². The van der Waals surface area contributed by atoms with Gasteiger partial charge in [-0.3, -0.25) is 4.79 Å². The monoisotopic (exact) mass is 232 g/mol. The molecule has 1 N–H and O–H groups in total. The average molecular weight is 232 g/mol. The number of benzene rings is 1. The van der Waals surface area contributed by atoms with Crippen molar-refractivity contribution >= 4 is 5.97 Å². The summed E-state index contributed by atoms with van der Waals surface area (Å²) in [6.45, 7) is 8.37. The third-order valence-corrected chi connectivity index (χ3v) is 3.90. The Morgan fingerprint density at radius 2 is 1.82 bits per heavy atom. The van der Waals surface area contributed by atoms with Crippen molar-refractivity contribution in [1.82, 2.24) is 0 Å². The van der Waals surface area contributed by atoms with E-state index in [2.05, 4.69) is 45.0 Å². The molecule has 2 rings (SSSR count). The standard InChI is InChI=1S/C15H20O2/c1-14(2,3)11-7-5-10(6-8-11)12-9-15(12,4)13(16)17/h5-8,12H,9H2,1-4H3,(H,16,17). The summed E-state index contributed by atoms with van der Waals surface area (Å²) in [4.78, 5) is 11.1. The molecule has 1 aliphatic carbocycles. The molecule has 1 aromatic carbocycles. The van der Waals surface area contributed by atoms with Gasteiger partial charge in [-0.2, -0.15) is 0 Å². The van der Waals surface area contributed by atoms with E-state index in [-0.39, 0.29) is 11.3 Å². The molecular formula is C15H20O2. The van der Waals surface area contributed by atoms with Gasteiger partial charge in [0.2, 0.25) is 0 Å². The van der Waals surface area contributed by atoms with Gasteiger partial charge in [-0.15, -0.1) is 0 Å². The topological polar surface area (TPSA) is 37.3 Å². The van der Waals surface area contributed by atoms with E-state index in [1.165, 1.54) is 5.56 Å². The number of hydrogen-bond donors (Lipinski definition) is 1. The SMILES string of the molecule is CC(C)(C)c1ccc(C2CC2(C)C(=O)O)cc1. The molecule has 2 nitrogen and oxygen atoms in total. The third kappa shape index (κ3) is 2.08. The van der Waals surface area contributed by atoms with E-state index in [1.54, 1.807) is 0 Å². The molecule has 0 spiro atoms. The minimum absolute atomic E-state index is 0.151. The first-order chi connectivity index (χ1) is 7.75. The van der Waals surface area contributed by atoms with Crippen LogP contribution in [0.25, 0.3) is 0 Å². The van der Waals surface area contributed by atoms with Crippen molar-refractivity contribution in [3.63, 3.8) is 0 Å². The highest BCUT2D eigenvalue weighted by molar-refractivity contribution is 5.80. The van der Waals surface area contributed by atoms with Gasteiger partial charge >= 0.3 is 5.97 Å². The second-order valence-corrected chi connectivity index (χ2v) is 6.35. The Hall–Kier alpha value is -1.31. The first kappa shape index (κ1) is 12.2. The Kier molecular flexibility index (Phi) is 2.57. The average Bonchev–Trinajstić information content (AvgIpc) is 2.91. The molecule has 0 bridgehead atoms. The minimum atomic E-state index is -0.678. The van der Waals surface area contributed by atoms with Gasteiger partial charge in [0.1, 0.15) is 0 Å². The Morgan fingerprint density at radius 1 is 1.29 bits per heavy atom. The summed E-state index contributed by atoms with van der Waals surface area (Å²) in [5.74, 6) is -0.489. The van der Waals surface area contributed by atoms with Gasteiger partial charge < -0.3 is 5.11 Å². The number of rotatable bonds is 2. The highest BCUT2D eigenvalue weighted by atomic mass is 16.4. The maximum Gasteiger partial charge on any atom is 0.309 e. The predicted octanol–water partition coefficient (Wildman–Crippen LogP) is 3.56. The molecule has 2 heteroatoms. The molecule has 92 valence electrons. The van der Waals surface area contributed by atoms with Crippen molar-refractivity contribution in [3.05, 3.63) is 35.4 Å². The fourth-order valence-corrected chi connectivity index (χ4v) is 2.30. The molecule has 0 heterocycles. The third-order valence-electron chi connectivity index (χ3n) is 3.90. The lowest BCUT2D eigenvalue weighted by Crippen LogP contribution is -2.13. The largest absolute Gasteiger partial charge is 0.481 e. The number of carboxylic acids is 1. The number of aliphatic carboxylic acids is 1. The molecule has 17 heavy (non-hydrogen) atoms. The second-order valence-electron chi connectivity index (χ2n) is 6.35. The Balaban J connectivity index is 2.19. The predicted molar refractivity (Wildman–Crippen MR) is 68.2 cm³/mol. The van der Waals surface area contributed by atoms with Gasteiger partial charge in [0.25, 0.3) is 0 Å². The van der Waals surface area contributed by atoms with Crippen LogP contribution in [0, 0.1) is 5.41 Å². The van der Waals surface area contributed by atoms with Crippen LogP contribution in [0.5, 0.6) is 0 Å². The van der Waals surface area contributed by atoms with E-state index in [0.29, 0.717) is 0 Å². The summed E-state index contributed by atoms with van der Waals surface area (Å²) in [5, 5.41) is 9.13. The van der Waals surface area contributed by atoms with E-state index in [0.717, 1.165) is 12.0 Å². The number of carbonyl (C=O) groups is 1.